The maximum Gasteiger partial charge on any atom is 0.264 e. The number of halogens is 3. The van der Waals surface area contributed by atoms with E-state index in [1.807, 2.05) is 37.3 Å². The van der Waals surface area contributed by atoms with E-state index in [0.717, 1.165) is 41.1 Å². The Hall–Kier alpha value is -3.57. The van der Waals surface area contributed by atoms with Crippen molar-refractivity contribution in [2.45, 2.75) is 62.6 Å². The quantitative estimate of drug-likeness (QED) is 0.148. The van der Waals surface area contributed by atoms with Crippen LogP contribution in [0.15, 0.2) is 100 Å². The lowest BCUT2D eigenvalue weighted by Crippen LogP contribution is -2.54. The van der Waals surface area contributed by atoms with E-state index >= 15 is 0 Å². The van der Waals surface area contributed by atoms with Gasteiger partial charge in [-0.2, -0.15) is 0 Å². The molecule has 1 atom stereocenters. The van der Waals surface area contributed by atoms with Crippen molar-refractivity contribution in [3.05, 3.63) is 122 Å². The molecule has 0 unspecified atom stereocenters. The van der Waals surface area contributed by atoms with Crippen molar-refractivity contribution in [3.8, 4) is 5.75 Å². The molecule has 2 amide bonds. The molecule has 1 fully saturated rings. The molecule has 1 N–H and O–H groups in total. The number of hydrogen-bond acceptors (Lipinski definition) is 5. The SMILES string of the molecule is COc1ccc(S(=O)(=O)N(CC(=O)N(Cc2ccc(Cl)c(Cl)c2)[C@@H](Cc2ccccc2)C(=O)NC2CCCC2)c2ccc(C)cc2)cc1Br. The molecule has 0 heterocycles. The minimum Gasteiger partial charge on any atom is -0.496 e. The average Bonchev–Trinajstić information content (AvgIpc) is 3.60. The van der Waals surface area contributed by atoms with Crippen LogP contribution in [0, 0.1) is 6.92 Å². The number of nitrogens with one attached hydrogen (secondary N) is 1. The van der Waals surface area contributed by atoms with Crippen LogP contribution in [0.25, 0.3) is 0 Å². The minimum atomic E-state index is -4.29. The summed E-state index contributed by atoms with van der Waals surface area (Å²) in [4.78, 5) is 30.3. The third-order valence-electron chi connectivity index (χ3n) is 8.62. The fourth-order valence-electron chi connectivity index (χ4n) is 5.93. The molecule has 12 heteroatoms. The van der Waals surface area contributed by atoms with Crippen LogP contribution in [0.5, 0.6) is 5.75 Å². The topological polar surface area (TPSA) is 96.0 Å². The van der Waals surface area contributed by atoms with Crippen molar-refractivity contribution < 1.29 is 22.7 Å². The van der Waals surface area contributed by atoms with Crippen molar-refractivity contribution in [1.82, 2.24) is 10.2 Å². The fraction of sp³-hybridized carbons (Fsp3) is 0.297. The molecule has 0 spiro atoms. The normalized spacial score (nSPS) is 13.9. The molecule has 1 saturated carbocycles. The molecular formula is C37H38BrCl2N3O5S. The molecule has 0 aromatic heterocycles. The highest BCUT2D eigenvalue weighted by atomic mass is 79.9. The highest BCUT2D eigenvalue weighted by Crippen LogP contribution is 2.32. The van der Waals surface area contributed by atoms with Crippen LogP contribution in [0.4, 0.5) is 5.69 Å². The standard InChI is InChI=1S/C37H38BrCl2N3O5S/c1-25-12-15-29(16-13-25)43(49(46,47)30-17-19-35(48-2)31(38)22-30)24-36(44)42(23-27-14-18-32(39)33(40)20-27)34(21-26-8-4-3-5-9-26)37(45)41-28-10-6-7-11-28/h3-5,8-9,12-20,22,28,34H,6-7,10-11,21,23-24H2,1-2H3,(H,41,45)/t34-/m0/s1. The van der Waals surface area contributed by atoms with Crippen LogP contribution in [0.2, 0.25) is 10.0 Å². The molecular weight excluding hydrogens is 749 g/mol. The van der Waals surface area contributed by atoms with E-state index in [1.165, 1.54) is 24.1 Å². The average molecular weight is 788 g/mol. The van der Waals surface area contributed by atoms with Crippen LogP contribution in [0.1, 0.15) is 42.4 Å². The number of benzene rings is 4. The first-order chi connectivity index (χ1) is 23.5. The van der Waals surface area contributed by atoms with Gasteiger partial charge in [-0.05, 0) is 89.3 Å². The van der Waals surface area contributed by atoms with Crippen molar-refractivity contribution >= 4 is 66.7 Å². The summed E-state index contributed by atoms with van der Waals surface area (Å²) in [6.07, 6.45) is 3.98. The third kappa shape index (κ3) is 9.16. The van der Waals surface area contributed by atoms with Crippen molar-refractivity contribution in [1.29, 1.82) is 0 Å². The summed E-state index contributed by atoms with van der Waals surface area (Å²) in [5.74, 6) is -0.403. The molecule has 8 nitrogen and oxygen atoms in total. The number of anilines is 1. The summed E-state index contributed by atoms with van der Waals surface area (Å²) in [6.45, 7) is 1.31. The lowest BCUT2D eigenvalue weighted by atomic mass is 10.0. The van der Waals surface area contributed by atoms with Crippen LogP contribution >= 0.6 is 39.1 Å². The monoisotopic (exact) mass is 785 g/mol. The van der Waals surface area contributed by atoms with Crippen LogP contribution in [-0.4, -0.2) is 50.9 Å². The predicted octanol–water partition coefficient (Wildman–Crippen LogP) is 7.97. The van der Waals surface area contributed by atoms with E-state index in [4.69, 9.17) is 27.9 Å². The molecule has 0 bridgehead atoms. The zero-order valence-corrected chi connectivity index (χ0v) is 31.2. The summed E-state index contributed by atoms with van der Waals surface area (Å²) < 4.78 is 35.6. The smallest absolute Gasteiger partial charge is 0.264 e. The third-order valence-corrected chi connectivity index (χ3v) is 11.8. The number of ether oxygens (including phenoxy) is 1. The molecule has 5 rings (SSSR count). The van der Waals surface area contributed by atoms with Crippen molar-refractivity contribution in [2.75, 3.05) is 18.0 Å². The van der Waals surface area contributed by atoms with Crippen molar-refractivity contribution in [3.63, 3.8) is 0 Å². The maximum absolute atomic E-state index is 14.7. The number of aryl methyl sites for hydroxylation is 1. The van der Waals surface area contributed by atoms with E-state index in [-0.39, 0.29) is 29.8 Å². The summed E-state index contributed by atoms with van der Waals surface area (Å²) in [7, 11) is -2.80. The number of carbonyl (C=O) groups is 2. The van der Waals surface area contributed by atoms with Crippen LogP contribution in [-0.2, 0) is 32.6 Å². The van der Waals surface area contributed by atoms with Gasteiger partial charge in [0, 0.05) is 19.0 Å². The zero-order valence-electron chi connectivity index (χ0n) is 27.2. The van der Waals surface area contributed by atoms with E-state index in [0.29, 0.717) is 31.5 Å². The molecule has 258 valence electrons. The first kappa shape index (κ1) is 36.7. The Morgan fingerprint density at radius 3 is 2.24 bits per heavy atom. The lowest BCUT2D eigenvalue weighted by molar-refractivity contribution is -0.140. The predicted molar refractivity (Wildman–Crippen MR) is 198 cm³/mol. The first-order valence-electron chi connectivity index (χ1n) is 16.0. The summed E-state index contributed by atoms with van der Waals surface area (Å²) in [5.41, 5.74) is 2.72. The van der Waals surface area contributed by atoms with Gasteiger partial charge >= 0.3 is 0 Å². The molecule has 4 aromatic rings. The number of hydrogen-bond donors (Lipinski definition) is 1. The number of methoxy groups -OCH3 is 1. The van der Waals surface area contributed by atoms with Crippen molar-refractivity contribution in [2.24, 2.45) is 0 Å². The Labute approximate surface area is 306 Å². The highest BCUT2D eigenvalue weighted by Gasteiger charge is 2.36. The summed E-state index contributed by atoms with van der Waals surface area (Å²) in [5, 5.41) is 3.83. The van der Waals surface area contributed by atoms with Gasteiger partial charge < -0.3 is 15.0 Å². The summed E-state index contributed by atoms with van der Waals surface area (Å²) >= 11 is 16.0. The second-order valence-electron chi connectivity index (χ2n) is 12.1. The zero-order chi connectivity index (χ0) is 35.1. The van der Waals surface area contributed by atoms with Gasteiger partial charge in [0.1, 0.15) is 18.3 Å². The van der Waals surface area contributed by atoms with Crippen LogP contribution < -0.4 is 14.4 Å². The molecule has 0 aliphatic heterocycles. The molecule has 49 heavy (non-hydrogen) atoms. The van der Waals surface area contributed by atoms with Gasteiger partial charge in [-0.25, -0.2) is 8.42 Å². The van der Waals surface area contributed by atoms with Gasteiger partial charge in [0.05, 0.1) is 32.2 Å². The van der Waals surface area contributed by atoms with Gasteiger partial charge in [0.25, 0.3) is 10.0 Å². The van der Waals surface area contributed by atoms with Gasteiger partial charge in [-0.15, -0.1) is 0 Å². The Bertz CT molecular complexity index is 1890. The molecule has 0 saturated heterocycles. The van der Waals surface area contributed by atoms with Crippen LogP contribution in [0.3, 0.4) is 0 Å². The molecule has 1 aliphatic carbocycles. The van der Waals surface area contributed by atoms with E-state index in [2.05, 4.69) is 21.2 Å². The Kier molecular flexibility index (Phi) is 12.3. The minimum absolute atomic E-state index is 0.00524. The second kappa shape index (κ2) is 16.4. The van der Waals surface area contributed by atoms with E-state index in [1.54, 1.807) is 48.5 Å². The van der Waals surface area contributed by atoms with Gasteiger partial charge in [0.15, 0.2) is 0 Å². The maximum atomic E-state index is 14.7. The van der Waals surface area contributed by atoms with E-state index < -0.39 is 28.5 Å². The fourth-order valence-corrected chi connectivity index (χ4v) is 8.38. The Balaban J connectivity index is 1.58. The highest BCUT2D eigenvalue weighted by molar-refractivity contribution is 9.10. The first-order valence-corrected chi connectivity index (χ1v) is 19.0. The molecule has 4 aromatic carbocycles. The largest absolute Gasteiger partial charge is 0.496 e. The Morgan fingerprint density at radius 2 is 1.61 bits per heavy atom. The number of amides is 2. The van der Waals surface area contributed by atoms with Gasteiger partial charge in [0.2, 0.25) is 11.8 Å². The van der Waals surface area contributed by atoms with E-state index in [9.17, 15) is 18.0 Å². The number of carbonyl (C=O) groups excluding carboxylic acids is 2. The van der Waals surface area contributed by atoms with Gasteiger partial charge in [-0.3, -0.25) is 13.9 Å². The second-order valence-corrected chi connectivity index (χ2v) is 15.6. The number of rotatable bonds is 13. The Morgan fingerprint density at radius 1 is 0.918 bits per heavy atom. The lowest BCUT2D eigenvalue weighted by Gasteiger charge is -2.34. The number of nitrogens with zero attached hydrogens (tertiary/aromatic N) is 2. The molecule has 0 radical (unpaired) electrons. The molecule has 1 aliphatic rings. The number of sulfonamides is 1. The summed E-state index contributed by atoms with van der Waals surface area (Å²) in [6, 6.07) is 24.9. The van der Waals surface area contributed by atoms with Gasteiger partial charge in [-0.1, -0.05) is 90.1 Å².